The molecule has 1 saturated heterocycles. The number of H-pyrrole nitrogens is 2. The van der Waals surface area contributed by atoms with Gasteiger partial charge >= 0.3 is 5.69 Å². The van der Waals surface area contributed by atoms with E-state index in [1.165, 1.54) is 4.31 Å². The van der Waals surface area contributed by atoms with Gasteiger partial charge in [-0.1, -0.05) is 37.3 Å². The second-order valence-electron chi connectivity index (χ2n) is 7.67. The Morgan fingerprint density at radius 1 is 1.19 bits per heavy atom. The smallest absolute Gasteiger partial charge is 0.292 e. The average molecular weight is 448 g/mol. The second-order valence-corrected chi connectivity index (χ2v) is 9.79. The number of aromatic amines is 2. The van der Waals surface area contributed by atoms with Crippen LogP contribution >= 0.6 is 0 Å². The summed E-state index contributed by atoms with van der Waals surface area (Å²) in [4.78, 5) is 13.7. The molecule has 3 aromatic rings. The van der Waals surface area contributed by atoms with Crippen LogP contribution in [0.5, 0.6) is 0 Å². The lowest BCUT2D eigenvalue weighted by molar-refractivity contribution is 0.354. The van der Waals surface area contributed by atoms with E-state index in [2.05, 4.69) is 15.2 Å². The summed E-state index contributed by atoms with van der Waals surface area (Å²) in [5.41, 5.74) is 0.132. The van der Waals surface area contributed by atoms with Crippen LogP contribution in [0.15, 0.2) is 47.3 Å². The Bertz CT molecular complexity index is 1240. The van der Waals surface area contributed by atoms with E-state index in [9.17, 15) is 22.0 Å². The summed E-state index contributed by atoms with van der Waals surface area (Å²) in [5, 5.41) is 5.26. The standard InChI is InChI=1S/C21H22F2N4O3S/c1-13(20-24-21(28)26-25-20)16-11-17(22)15(10-18(16)23)12-27-9-5-8-19(31(27,29)30)14-6-3-2-4-7-14/h2-4,6-7,10-11,13,19H,5,8-9,12H2,1H3,(H2,24,25,26,28)/t13?,19-/m1/s1. The molecule has 1 aromatic heterocycles. The van der Waals surface area contributed by atoms with Crippen LogP contribution in [-0.2, 0) is 16.6 Å². The average Bonchev–Trinajstić information content (AvgIpc) is 3.18. The van der Waals surface area contributed by atoms with E-state index in [1.54, 1.807) is 31.2 Å². The minimum atomic E-state index is -3.72. The highest BCUT2D eigenvalue weighted by Gasteiger charge is 2.37. The van der Waals surface area contributed by atoms with Gasteiger partial charge in [0.05, 0.1) is 0 Å². The molecule has 7 nitrogen and oxygen atoms in total. The molecule has 10 heteroatoms. The predicted octanol–water partition coefficient (Wildman–Crippen LogP) is 3.19. The summed E-state index contributed by atoms with van der Waals surface area (Å²) in [7, 11) is -3.72. The maximum Gasteiger partial charge on any atom is 0.340 e. The van der Waals surface area contributed by atoms with Crippen molar-refractivity contribution in [3.8, 4) is 0 Å². The summed E-state index contributed by atoms with van der Waals surface area (Å²) in [5.74, 6) is -1.91. The molecule has 2 aromatic carbocycles. The zero-order valence-corrected chi connectivity index (χ0v) is 17.6. The Labute approximate surface area is 178 Å². The van der Waals surface area contributed by atoms with E-state index in [-0.39, 0.29) is 30.0 Å². The second kappa shape index (κ2) is 8.35. The van der Waals surface area contributed by atoms with Crippen molar-refractivity contribution in [1.82, 2.24) is 19.5 Å². The van der Waals surface area contributed by atoms with Crippen molar-refractivity contribution >= 4 is 10.0 Å². The van der Waals surface area contributed by atoms with Crippen LogP contribution in [0.4, 0.5) is 8.78 Å². The summed E-state index contributed by atoms with van der Waals surface area (Å²) in [6.45, 7) is 1.59. The highest BCUT2D eigenvalue weighted by molar-refractivity contribution is 7.89. The van der Waals surface area contributed by atoms with Crippen molar-refractivity contribution in [2.45, 2.75) is 37.5 Å². The van der Waals surface area contributed by atoms with E-state index >= 15 is 0 Å². The Morgan fingerprint density at radius 3 is 2.61 bits per heavy atom. The van der Waals surface area contributed by atoms with Gasteiger partial charge in [0.15, 0.2) is 0 Å². The van der Waals surface area contributed by atoms with Gasteiger partial charge in [0.2, 0.25) is 10.0 Å². The van der Waals surface area contributed by atoms with Crippen molar-refractivity contribution in [3.63, 3.8) is 0 Å². The third-order valence-corrected chi connectivity index (χ3v) is 7.93. The Morgan fingerprint density at radius 2 is 1.94 bits per heavy atom. The van der Waals surface area contributed by atoms with Gasteiger partial charge in [-0.05, 0) is 30.5 Å². The third kappa shape index (κ3) is 4.17. The highest BCUT2D eigenvalue weighted by atomic mass is 32.2. The first-order chi connectivity index (χ1) is 14.8. The van der Waals surface area contributed by atoms with Crippen LogP contribution < -0.4 is 5.69 Å². The van der Waals surface area contributed by atoms with Crippen LogP contribution in [0.1, 0.15) is 53.4 Å². The largest absolute Gasteiger partial charge is 0.340 e. The van der Waals surface area contributed by atoms with Gasteiger partial charge in [-0.15, -0.1) is 0 Å². The van der Waals surface area contributed by atoms with Crippen LogP contribution in [0, 0.1) is 11.6 Å². The predicted molar refractivity (Wildman–Crippen MR) is 111 cm³/mol. The summed E-state index contributed by atoms with van der Waals surface area (Å²) < 4.78 is 57.2. The van der Waals surface area contributed by atoms with Gasteiger partial charge in [-0.2, -0.15) is 9.40 Å². The molecule has 2 N–H and O–H groups in total. The fourth-order valence-corrected chi connectivity index (χ4v) is 5.99. The minimum Gasteiger partial charge on any atom is -0.292 e. The fourth-order valence-electron chi connectivity index (χ4n) is 3.97. The summed E-state index contributed by atoms with van der Waals surface area (Å²) in [6, 6.07) is 11.0. The molecule has 0 amide bonds. The third-order valence-electron chi connectivity index (χ3n) is 5.67. The Balaban J connectivity index is 1.60. The monoisotopic (exact) mass is 448 g/mol. The number of halogens is 2. The van der Waals surface area contributed by atoms with Crippen molar-refractivity contribution in [3.05, 3.63) is 87.1 Å². The van der Waals surface area contributed by atoms with Gasteiger partial charge in [0.1, 0.15) is 22.7 Å². The molecular formula is C21H22F2N4O3S. The molecule has 0 bridgehead atoms. The first-order valence-corrected chi connectivity index (χ1v) is 11.4. The number of benzene rings is 2. The van der Waals surface area contributed by atoms with Crippen molar-refractivity contribution in [2.75, 3.05) is 6.54 Å². The normalized spacial score (nSPS) is 19.9. The number of hydrogen-bond acceptors (Lipinski definition) is 4. The topological polar surface area (TPSA) is 98.9 Å². The molecule has 1 aliphatic rings. The first kappa shape index (κ1) is 21.4. The lowest BCUT2D eigenvalue weighted by Gasteiger charge is -2.32. The number of nitrogens with zero attached hydrogens (tertiary/aromatic N) is 2. The van der Waals surface area contributed by atoms with E-state index in [4.69, 9.17) is 0 Å². The summed E-state index contributed by atoms with van der Waals surface area (Å²) >= 11 is 0. The van der Waals surface area contributed by atoms with Crippen LogP contribution in [0.3, 0.4) is 0 Å². The van der Waals surface area contributed by atoms with Gasteiger partial charge in [-0.25, -0.2) is 27.1 Å². The SMILES string of the molecule is CC(c1n[nH]c(=O)[nH]1)c1cc(F)c(CN2CCC[C@H](c3ccccc3)S2(=O)=O)cc1F. The molecule has 2 atom stereocenters. The number of nitrogens with one attached hydrogen (secondary N) is 2. The quantitative estimate of drug-likeness (QED) is 0.626. The van der Waals surface area contributed by atoms with Gasteiger partial charge in [0, 0.05) is 30.1 Å². The lowest BCUT2D eigenvalue weighted by atomic mass is 9.98. The molecule has 0 spiro atoms. The van der Waals surface area contributed by atoms with E-state index in [0.717, 1.165) is 12.1 Å². The van der Waals surface area contributed by atoms with Crippen molar-refractivity contribution in [2.24, 2.45) is 0 Å². The number of hydrogen-bond donors (Lipinski definition) is 2. The molecule has 0 aliphatic carbocycles. The molecule has 1 aliphatic heterocycles. The molecular weight excluding hydrogens is 426 g/mol. The molecule has 0 radical (unpaired) electrons. The highest BCUT2D eigenvalue weighted by Crippen LogP contribution is 2.36. The lowest BCUT2D eigenvalue weighted by Crippen LogP contribution is -2.39. The maximum atomic E-state index is 14.9. The van der Waals surface area contributed by atoms with E-state index in [0.29, 0.717) is 18.4 Å². The van der Waals surface area contributed by atoms with E-state index < -0.39 is 38.5 Å². The minimum absolute atomic E-state index is 0.0210. The molecule has 164 valence electrons. The Kier molecular flexibility index (Phi) is 5.76. The van der Waals surface area contributed by atoms with Crippen molar-refractivity contribution in [1.29, 1.82) is 0 Å². The van der Waals surface area contributed by atoms with Gasteiger partial charge < -0.3 is 0 Å². The molecule has 4 rings (SSSR count). The molecule has 31 heavy (non-hydrogen) atoms. The van der Waals surface area contributed by atoms with Crippen LogP contribution in [-0.4, -0.2) is 34.4 Å². The zero-order valence-electron chi connectivity index (χ0n) is 16.8. The van der Waals surface area contributed by atoms with Gasteiger partial charge in [-0.3, -0.25) is 4.98 Å². The van der Waals surface area contributed by atoms with Gasteiger partial charge in [0.25, 0.3) is 0 Å². The maximum absolute atomic E-state index is 14.9. The fraction of sp³-hybridized carbons (Fsp3) is 0.333. The molecule has 0 saturated carbocycles. The molecule has 1 unspecified atom stereocenters. The molecule has 2 heterocycles. The number of rotatable bonds is 5. The number of aromatic nitrogens is 3. The summed E-state index contributed by atoms with van der Waals surface area (Å²) in [6.07, 6.45) is 1.11. The van der Waals surface area contributed by atoms with Crippen LogP contribution in [0.2, 0.25) is 0 Å². The Hall–Kier alpha value is -2.85. The molecule has 1 fully saturated rings. The van der Waals surface area contributed by atoms with E-state index in [1.807, 2.05) is 6.07 Å². The first-order valence-electron chi connectivity index (χ1n) is 9.93. The zero-order chi connectivity index (χ0) is 22.2. The van der Waals surface area contributed by atoms with Crippen LogP contribution in [0.25, 0.3) is 0 Å². The number of sulfonamides is 1. The van der Waals surface area contributed by atoms with Crippen molar-refractivity contribution < 1.29 is 17.2 Å².